The molecule has 0 radical (unpaired) electrons. The van der Waals surface area contributed by atoms with Crippen LogP contribution in [0.5, 0.6) is 0 Å². The number of aromatic nitrogens is 3. The largest absolute Gasteiger partial charge is 0.365 e. The molecule has 22 heavy (non-hydrogen) atoms. The fourth-order valence-corrected chi connectivity index (χ4v) is 2.27. The molecular weight excluding hydrogens is 274 g/mol. The minimum absolute atomic E-state index is 0.548. The van der Waals surface area contributed by atoms with Gasteiger partial charge in [-0.2, -0.15) is 10.4 Å². The summed E-state index contributed by atoms with van der Waals surface area (Å²) in [5.41, 5.74) is 2.90. The number of pyridine rings is 1. The third kappa shape index (κ3) is 3.13. The van der Waals surface area contributed by atoms with Crippen molar-refractivity contribution in [3.8, 4) is 6.07 Å². The topological polar surface area (TPSA) is 66.5 Å². The Balaban J connectivity index is 1.77. The van der Waals surface area contributed by atoms with Gasteiger partial charge in [-0.15, -0.1) is 0 Å². The summed E-state index contributed by atoms with van der Waals surface area (Å²) in [6, 6.07) is 15.7. The summed E-state index contributed by atoms with van der Waals surface area (Å²) in [7, 11) is 0. The van der Waals surface area contributed by atoms with Gasteiger partial charge in [-0.25, -0.2) is 4.98 Å². The number of rotatable bonds is 5. The smallest absolute Gasteiger partial charge is 0.144 e. The highest BCUT2D eigenvalue weighted by atomic mass is 15.3. The first-order valence-electron chi connectivity index (χ1n) is 7.00. The van der Waals surface area contributed by atoms with Crippen LogP contribution in [0.2, 0.25) is 0 Å². The number of anilines is 1. The molecule has 0 aliphatic heterocycles. The SMILES string of the molecule is N#Cc1cccnc1NCc1ccccc1Cn1cccn1. The van der Waals surface area contributed by atoms with Crippen molar-refractivity contribution in [1.82, 2.24) is 14.8 Å². The van der Waals surface area contributed by atoms with Crippen molar-refractivity contribution in [3.05, 3.63) is 77.7 Å². The summed E-state index contributed by atoms with van der Waals surface area (Å²) in [4.78, 5) is 4.22. The first-order chi connectivity index (χ1) is 10.9. The molecule has 0 aliphatic rings. The van der Waals surface area contributed by atoms with Gasteiger partial charge in [0.15, 0.2) is 0 Å². The second-order valence-corrected chi connectivity index (χ2v) is 4.84. The van der Waals surface area contributed by atoms with Gasteiger partial charge in [0.05, 0.1) is 12.1 Å². The van der Waals surface area contributed by atoms with Crippen LogP contribution in [0.3, 0.4) is 0 Å². The molecule has 0 unspecified atom stereocenters. The predicted octanol–water partition coefficient (Wildman–Crippen LogP) is 2.81. The Morgan fingerprint density at radius 3 is 2.68 bits per heavy atom. The molecule has 3 rings (SSSR count). The highest BCUT2D eigenvalue weighted by Crippen LogP contribution is 2.15. The van der Waals surface area contributed by atoms with Gasteiger partial charge in [-0.1, -0.05) is 24.3 Å². The van der Waals surface area contributed by atoms with Crippen LogP contribution in [0.15, 0.2) is 61.1 Å². The molecule has 1 N–H and O–H groups in total. The fraction of sp³-hybridized carbons (Fsp3) is 0.118. The molecule has 108 valence electrons. The lowest BCUT2D eigenvalue weighted by molar-refractivity contribution is 0.682. The Morgan fingerprint density at radius 1 is 1.05 bits per heavy atom. The van der Waals surface area contributed by atoms with Gasteiger partial charge in [0.2, 0.25) is 0 Å². The van der Waals surface area contributed by atoms with E-state index in [0.717, 1.165) is 12.1 Å². The van der Waals surface area contributed by atoms with Gasteiger partial charge < -0.3 is 5.32 Å². The van der Waals surface area contributed by atoms with Crippen molar-refractivity contribution < 1.29 is 0 Å². The Bertz CT molecular complexity index is 787. The highest BCUT2D eigenvalue weighted by molar-refractivity contribution is 5.51. The van der Waals surface area contributed by atoms with E-state index in [2.05, 4.69) is 33.6 Å². The molecule has 0 saturated carbocycles. The molecule has 0 saturated heterocycles. The van der Waals surface area contributed by atoms with Crippen LogP contribution >= 0.6 is 0 Å². The van der Waals surface area contributed by atoms with Crippen molar-refractivity contribution in [2.45, 2.75) is 13.1 Å². The molecule has 5 heteroatoms. The van der Waals surface area contributed by atoms with Crippen molar-refractivity contribution in [2.24, 2.45) is 0 Å². The second kappa shape index (κ2) is 6.55. The number of benzene rings is 1. The Kier molecular flexibility index (Phi) is 4.12. The van der Waals surface area contributed by atoms with Gasteiger partial charge >= 0.3 is 0 Å². The standard InChI is InChI=1S/C17H15N5/c18-11-14-7-3-8-19-17(14)20-12-15-5-1-2-6-16(15)13-22-10-4-9-21-22/h1-10H,12-13H2,(H,19,20). The lowest BCUT2D eigenvalue weighted by Crippen LogP contribution is -2.08. The molecule has 0 atom stereocenters. The molecule has 5 nitrogen and oxygen atoms in total. The summed E-state index contributed by atoms with van der Waals surface area (Å²) in [5.74, 6) is 0.610. The van der Waals surface area contributed by atoms with E-state index in [1.54, 1.807) is 24.5 Å². The molecule has 0 amide bonds. The Hall–Kier alpha value is -3.13. The lowest BCUT2D eigenvalue weighted by Gasteiger charge is -2.12. The number of hydrogen-bond donors (Lipinski definition) is 1. The second-order valence-electron chi connectivity index (χ2n) is 4.84. The predicted molar refractivity (Wildman–Crippen MR) is 84.0 cm³/mol. The van der Waals surface area contributed by atoms with Crippen LogP contribution < -0.4 is 5.32 Å². The van der Waals surface area contributed by atoms with E-state index in [0.29, 0.717) is 17.9 Å². The minimum Gasteiger partial charge on any atom is -0.365 e. The van der Waals surface area contributed by atoms with Crippen molar-refractivity contribution in [1.29, 1.82) is 5.26 Å². The summed E-state index contributed by atoms with van der Waals surface area (Å²) >= 11 is 0. The number of nitriles is 1. The van der Waals surface area contributed by atoms with Gasteiger partial charge in [-0.3, -0.25) is 4.68 Å². The van der Waals surface area contributed by atoms with Gasteiger partial charge in [-0.05, 0) is 29.3 Å². The van der Waals surface area contributed by atoms with Gasteiger partial charge in [0.1, 0.15) is 11.9 Å². The lowest BCUT2D eigenvalue weighted by atomic mass is 10.1. The normalized spacial score (nSPS) is 10.1. The molecule has 0 aliphatic carbocycles. The quantitative estimate of drug-likeness (QED) is 0.784. The number of nitrogens with one attached hydrogen (secondary N) is 1. The van der Waals surface area contributed by atoms with Crippen LogP contribution in [0.25, 0.3) is 0 Å². The molecule has 2 aromatic heterocycles. The van der Waals surface area contributed by atoms with Crippen LogP contribution in [0.1, 0.15) is 16.7 Å². The zero-order valence-corrected chi connectivity index (χ0v) is 12.0. The van der Waals surface area contributed by atoms with E-state index in [1.165, 1.54) is 5.56 Å². The summed E-state index contributed by atoms with van der Waals surface area (Å²) in [5, 5.41) is 16.6. The molecular formula is C17H15N5. The van der Waals surface area contributed by atoms with Crippen LogP contribution in [0.4, 0.5) is 5.82 Å². The fourth-order valence-electron chi connectivity index (χ4n) is 2.27. The van der Waals surface area contributed by atoms with E-state index >= 15 is 0 Å². The van der Waals surface area contributed by atoms with E-state index in [-0.39, 0.29) is 0 Å². The molecule has 3 aromatic rings. The Morgan fingerprint density at radius 2 is 1.91 bits per heavy atom. The van der Waals surface area contributed by atoms with Crippen molar-refractivity contribution >= 4 is 5.82 Å². The molecule has 0 spiro atoms. The van der Waals surface area contributed by atoms with Crippen LogP contribution in [0, 0.1) is 11.3 Å². The molecule has 2 heterocycles. The zero-order valence-electron chi connectivity index (χ0n) is 12.0. The molecule has 0 fully saturated rings. The van der Waals surface area contributed by atoms with Crippen molar-refractivity contribution in [3.63, 3.8) is 0 Å². The zero-order chi connectivity index (χ0) is 15.2. The maximum Gasteiger partial charge on any atom is 0.144 e. The average molecular weight is 289 g/mol. The van der Waals surface area contributed by atoms with Crippen LogP contribution in [-0.2, 0) is 13.1 Å². The van der Waals surface area contributed by atoms with E-state index in [4.69, 9.17) is 5.26 Å². The van der Waals surface area contributed by atoms with E-state index < -0.39 is 0 Å². The summed E-state index contributed by atoms with van der Waals surface area (Å²) in [6.45, 7) is 1.33. The number of nitrogens with zero attached hydrogens (tertiary/aromatic N) is 4. The van der Waals surface area contributed by atoms with Crippen LogP contribution in [-0.4, -0.2) is 14.8 Å². The van der Waals surface area contributed by atoms with Gasteiger partial charge in [0, 0.05) is 25.1 Å². The number of hydrogen-bond acceptors (Lipinski definition) is 4. The third-order valence-electron chi connectivity index (χ3n) is 3.38. The summed E-state index contributed by atoms with van der Waals surface area (Å²) in [6.07, 6.45) is 5.39. The van der Waals surface area contributed by atoms with E-state index in [9.17, 15) is 0 Å². The van der Waals surface area contributed by atoms with E-state index in [1.807, 2.05) is 29.1 Å². The minimum atomic E-state index is 0.548. The molecule has 1 aromatic carbocycles. The highest BCUT2D eigenvalue weighted by Gasteiger charge is 2.05. The average Bonchev–Trinajstić information content (AvgIpc) is 3.07. The maximum atomic E-state index is 9.10. The summed E-state index contributed by atoms with van der Waals surface area (Å²) < 4.78 is 1.89. The van der Waals surface area contributed by atoms with Gasteiger partial charge in [0.25, 0.3) is 0 Å². The maximum absolute atomic E-state index is 9.10. The molecule has 0 bridgehead atoms. The Labute approximate surface area is 128 Å². The first-order valence-corrected chi connectivity index (χ1v) is 7.00. The monoisotopic (exact) mass is 289 g/mol. The third-order valence-corrected chi connectivity index (χ3v) is 3.38. The van der Waals surface area contributed by atoms with Crippen molar-refractivity contribution in [2.75, 3.05) is 5.32 Å². The first kappa shape index (κ1) is 13.8.